The number of nitrogens with one attached hydrogen (secondary N) is 1. The van der Waals surface area contributed by atoms with Crippen LogP contribution in [0, 0.1) is 11.7 Å². The van der Waals surface area contributed by atoms with Crippen molar-refractivity contribution >= 4 is 22.6 Å². The molecule has 1 N–H and O–H groups in total. The number of hydrogen-bond acceptors (Lipinski definition) is 3. The molecule has 0 saturated heterocycles. The molecule has 0 saturated carbocycles. The smallest absolute Gasteiger partial charge is 0.141 e. The van der Waals surface area contributed by atoms with Gasteiger partial charge in [0.15, 0.2) is 0 Å². The largest absolute Gasteiger partial charge is 0.344 e. The van der Waals surface area contributed by atoms with Gasteiger partial charge in [0.05, 0.1) is 28.3 Å². The van der Waals surface area contributed by atoms with Gasteiger partial charge in [-0.25, -0.2) is 14.1 Å². The summed E-state index contributed by atoms with van der Waals surface area (Å²) in [4.78, 5) is 7.57. The number of hydrogen-bond donors (Lipinski definition) is 1. The molecule has 0 fully saturated rings. The van der Waals surface area contributed by atoms with Gasteiger partial charge < -0.3 is 4.98 Å². The predicted octanol–water partition coefficient (Wildman–Crippen LogP) is 4.94. The molecule has 0 unspecified atom stereocenters. The Morgan fingerprint density at radius 2 is 1.96 bits per heavy atom. The standard InChI is InChI=1S/C19H17ClFN5/c1-11(2)9-26-17-8-13(4-6-16(17)24-25-26)19-18(22-10-23-19)12-3-5-15(21)14(20)7-12/h3-8,10-11H,9H2,1-2H3,(H,22,23). The van der Waals surface area contributed by atoms with Gasteiger partial charge in [-0.3, -0.25) is 0 Å². The fraction of sp³-hybridized carbons (Fsp3) is 0.211. The summed E-state index contributed by atoms with van der Waals surface area (Å²) in [7, 11) is 0. The van der Waals surface area contributed by atoms with Crippen molar-refractivity contribution < 1.29 is 4.39 Å². The Bertz CT molecular complexity index is 1080. The van der Waals surface area contributed by atoms with Gasteiger partial charge in [0.2, 0.25) is 0 Å². The molecule has 0 atom stereocenters. The molecule has 0 spiro atoms. The molecule has 0 aliphatic heterocycles. The van der Waals surface area contributed by atoms with E-state index in [1.807, 2.05) is 22.9 Å². The van der Waals surface area contributed by atoms with Gasteiger partial charge >= 0.3 is 0 Å². The normalized spacial score (nSPS) is 11.6. The van der Waals surface area contributed by atoms with Crippen LogP contribution in [0.4, 0.5) is 4.39 Å². The number of rotatable bonds is 4. The monoisotopic (exact) mass is 369 g/mol. The van der Waals surface area contributed by atoms with E-state index in [4.69, 9.17) is 11.6 Å². The summed E-state index contributed by atoms with van der Waals surface area (Å²) >= 11 is 5.93. The summed E-state index contributed by atoms with van der Waals surface area (Å²) < 4.78 is 15.4. The fourth-order valence-electron chi connectivity index (χ4n) is 2.98. The van der Waals surface area contributed by atoms with Crippen molar-refractivity contribution in [3.05, 3.63) is 53.6 Å². The average Bonchev–Trinajstić information content (AvgIpc) is 3.24. The summed E-state index contributed by atoms with van der Waals surface area (Å²) in [5, 5.41) is 8.54. The molecule has 7 heteroatoms. The van der Waals surface area contributed by atoms with E-state index in [2.05, 4.69) is 34.1 Å². The highest BCUT2D eigenvalue weighted by atomic mass is 35.5. The van der Waals surface area contributed by atoms with Crippen LogP contribution in [-0.2, 0) is 6.54 Å². The van der Waals surface area contributed by atoms with Crippen LogP contribution in [0.1, 0.15) is 13.8 Å². The number of aromatic nitrogens is 5. The summed E-state index contributed by atoms with van der Waals surface area (Å²) in [6.07, 6.45) is 1.62. The van der Waals surface area contributed by atoms with Gasteiger partial charge in [-0.2, -0.15) is 0 Å². The van der Waals surface area contributed by atoms with Crippen molar-refractivity contribution in [2.45, 2.75) is 20.4 Å². The SMILES string of the molecule is CC(C)Cn1nnc2ccc(-c3[nH]cnc3-c3ccc(F)c(Cl)c3)cc21. The first-order chi connectivity index (χ1) is 12.5. The van der Waals surface area contributed by atoms with E-state index in [0.717, 1.165) is 34.4 Å². The highest BCUT2D eigenvalue weighted by Crippen LogP contribution is 2.32. The Hall–Kier alpha value is -2.73. The lowest BCUT2D eigenvalue weighted by atomic mass is 10.0. The molecule has 0 radical (unpaired) electrons. The van der Waals surface area contributed by atoms with Crippen LogP contribution >= 0.6 is 11.6 Å². The summed E-state index contributed by atoms with van der Waals surface area (Å²) in [6.45, 7) is 5.08. The molecule has 132 valence electrons. The first-order valence-electron chi connectivity index (χ1n) is 8.35. The number of halogens is 2. The zero-order valence-electron chi connectivity index (χ0n) is 14.4. The van der Waals surface area contributed by atoms with Crippen molar-refractivity contribution in [3.8, 4) is 22.5 Å². The number of imidazole rings is 1. The topological polar surface area (TPSA) is 59.4 Å². The molecule has 2 aromatic heterocycles. The first kappa shape index (κ1) is 16.7. The van der Waals surface area contributed by atoms with Crippen LogP contribution in [0.3, 0.4) is 0 Å². The summed E-state index contributed by atoms with van der Waals surface area (Å²) in [5.74, 6) is 0.0187. The van der Waals surface area contributed by atoms with Crippen molar-refractivity contribution in [1.29, 1.82) is 0 Å². The molecule has 5 nitrogen and oxygen atoms in total. The van der Waals surface area contributed by atoms with Crippen molar-refractivity contribution in [2.24, 2.45) is 5.92 Å². The number of aromatic amines is 1. The third-order valence-corrected chi connectivity index (χ3v) is 4.46. The van der Waals surface area contributed by atoms with Gasteiger partial charge in [-0.15, -0.1) is 5.10 Å². The quantitative estimate of drug-likeness (QED) is 0.554. The maximum Gasteiger partial charge on any atom is 0.141 e. The minimum Gasteiger partial charge on any atom is -0.344 e. The van der Waals surface area contributed by atoms with Crippen LogP contribution in [0.5, 0.6) is 0 Å². The molecule has 4 rings (SSSR count). The van der Waals surface area contributed by atoms with Crippen LogP contribution in [0.25, 0.3) is 33.5 Å². The van der Waals surface area contributed by atoms with Crippen LogP contribution in [0.2, 0.25) is 5.02 Å². The van der Waals surface area contributed by atoms with E-state index in [0.29, 0.717) is 11.6 Å². The molecular weight excluding hydrogens is 353 g/mol. The second kappa shape index (κ2) is 6.53. The maximum atomic E-state index is 13.5. The third-order valence-electron chi connectivity index (χ3n) is 4.17. The van der Waals surface area contributed by atoms with E-state index in [1.165, 1.54) is 6.07 Å². The molecule has 0 aliphatic rings. The lowest BCUT2D eigenvalue weighted by Gasteiger charge is -2.07. The van der Waals surface area contributed by atoms with Gasteiger partial charge in [-0.1, -0.05) is 36.7 Å². The highest BCUT2D eigenvalue weighted by molar-refractivity contribution is 6.31. The predicted molar refractivity (Wildman–Crippen MR) is 100 cm³/mol. The first-order valence-corrected chi connectivity index (χ1v) is 8.73. The Morgan fingerprint density at radius 1 is 1.15 bits per heavy atom. The fourth-order valence-corrected chi connectivity index (χ4v) is 3.16. The van der Waals surface area contributed by atoms with Gasteiger partial charge in [-0.05, 0) is 36.2 Å². The lowest BCUT2D eigenvalue weighted by molar-refractivity contribution is 0.483. The Kier molecular flexibility index (Phi) is 4.20. The highest BCUT2D eigenvalue weighted by Gasteiger charge is 2.14. The van der Waals surface area contributed by atoms with Crippen molar-refractivity contribution in [2.75, 3.05) is 0 Å². The maximum absolute atomic E-state index is 13.5. The number of H-pyrrole nitrogens is 1. The minimum atomic E-state index is -0.447. The van der Waals surface area contributed by atoms with Gasteiger partial charge in [0.25, 0.3) is 0 Å². The lowest BCUT2D eigenvalue weighted by Crippen LogP contribution is -2.05. The second-order valence-electron chi connectivity index (χ2n) is 6.62. The molecule has 0 amide bonds. The number of benzene rings is 2. The van der Waals surface area contributed by atoms with Gasteiger partial charge in [0, 0.05) is 17.7 Å². The van der Waals surface area contributed by atoms with E-state index < -0.39 is 5.82 Å². The molecule has 2 aromatic carbocycles. The molecule has 26 heavy (non-hydrogen) atoms. The third kappa shape index (κ3) is 2.97. The molecule has 2 heterocycles. The second-order valence-corrected chi connectivity index (χ2v) is 7.03. The van der Waals surface area contributed by atoms with Crippen molar-refractivity contribution in [1.82, 2.24) is 25.0 Å². The number of fused-ring (bicyclic) bond motifs is 1. The Labute approximate surface area is 154 Å². The van der Waals surface area contributed by atoms with E-state index in [-0.39, 0.29) is 5.02 Å². The average molecular weight is 370 g/mol. The van der Waals surface area contributed by atoms with Crippen LogP contribution in [0.15, 0.2) is 42.7 Å². The molecular formula is C19H17ClFN5. The minimum absolute atomic E-state index is 0.0751. The zero-order chi connectivity index (χ0) is 18.3. The molecule has 0 bridgehead atoms. The van der Waals surface area contributed by atoms with E-state index >= 15 is 0 Å². The van der Waals surface area contributed by atoms with Crippen LogP contribution < -0.4 is 0 Å². The van der Waals surface area contributed by atoms with Crippen LogP contribution in [-0.4, -0.2) is 25.0 Å². The van der Waals surface area contributed by atoms with E-state index in [1.54, 1.807) is 18.5 Å². The number of nitrogens with zero attached hydrogens (tertiary/aromatic N) is 4. The van der Waals surface area contributed by atoms with Crippen molar-refractivity contribution in [3.63, 3.8) is 0 Å². The van der Waals surface area contributed by atoms with Gasteiger partial charge in [0.1, 0.15) is 11.3 Å². The van der Waals surface area contributed by atoms with E-state index in [9.17, 15) is 4.39 Å². The molecule has 0 aliphatic carbocycles. The summed E-state index contributed by atoms with van der Waals surface area (Å²) in [6, 6.07) is 10.6. The summed E-state index contributed by atoms with van der Waals surface area (Å²) in [5.41, 5.74) is 5.08. The molecule has 4 aromatic rings. The Morgan fingerprint density at radius 3 is 2.73 bits per heavy atom. The zero-order valence-corrected chi connectivity index (χ0v) is 15.1. The Balaban J connectivity index is 1.81.